The van der Waals surface area contributed by atoms with E-state index in [0.717, 1.165) is 18.5 Å². The number of nitrogens with one attached hydrogen (secondary N) is 1. The lowest BCUT2D eigenvalue weighted by atomic mass is 9.98. The second-order valence-corrected chi connectivity index (χ2v) is 9.54. The molecule has 0 aliphatic heterocycles. The van der Waals surface area contributed by atoms with Crippen LogP contribution in [0.4, 0.5) is 0 Å². The fraction of sp³-hybridized carbons (Fsp3) is 0.526. The summed E-state index contributed by atoms with van der Waals surface area (Å²) in [5.41, 5.74) is 0.747. The van der Waals surface area contributed by atoms with Gasteiger partial charge in [-0.2, -0.15) is 0 Å². The van der Waals surface area contributed by atoms with Gasteiger partial charge in [-0.25, -0.2) is 18.1 Å². The number of nitrogens with zero attached hydrogens (tertiary/aromatic N) is 2. The van der Waals surface area contributed by atoms with Crippen molar-refractivity contribution in [2.75, 3.05) is 0 Å². The molecule has 154 valence electrons. The zero-order chi connectivity index (χ0) is 20.3. The second kappa shape index (κ2) is 9.03. The molecule has 0 bridgehead atoms. The molecule has 1 aromatic carbocycles. The minimum absolute atomic E-state index is 0.0648. The van der Waals surface area contributed by atoms with Crippen LogP contribution in [0.3, 0.4) is 0 Å². The Hall–Kier alpha value is -1.28. The van der Waals surface area contributed by atoms with Gasteiger partial charge < -0.3 is 4.74 Å². The third-order valence-corrected chi connectivity index (χ3v) is 7.24. The van der Waals surface area contributed by atoms with Crippen molar-refractivity contribution in [1.82, 2.24) is 14.3 Å². The van der Waals surface area contributed by atoms with E-state index in [9.17, 15) is 8.42 Å². The molecule has 1 unspecified atom stereocenters. The molecule has 1 N–H and O–H groups in total. The molecule has 9 heteroatoms. The van der Waals surface area contributed by atoms with Crippen LogP contribution in [0.25, 0.3) is 0 Å². The Labute approximate surface area is 176 Å². The largest absolute Gasteiger partial charge is 0.461 e. The molecule has 0 saturated heterocycles. The van der Waals surface area contributed by atoms with E-state index in [2.05, 4.69) is 9.71 Å². The molecule has 1 aliphatic rings. The normalized spacial score (nSPS) is 16.9. The van der Waals surface area contributed by atoms with Gasteiger partial charge in [0.05, 0.1) is 32.9 Å². The standard InChI is InChI=1S/C19H25Cl2N3O3S/c1-3-24-18(12-22-19(24)27-14-7-5-4-6-8-14)13(2)23-28(25,26)15-9-10-16(20)17(21)11-15/h9-14,23H,3-8H2,1-2H3. The fourth-order valence-electron chi connectivity index (χ4n) is 3.47. The second-order valence-electron chi connectivity index (χ2n) is 7.01. The number of halogens is 2. The molecule has 1 aliphatic carbocycles. The molecule has 2 aromatic rings. The number of hydrogen-bond donors (Lipinski definition) is 1. The first kappa shape index (κ1) is 21.4. The topological polar surface area (TPSA) is 73.2 Å². The van der Waals surface area contributed by atoms with E-state index in [0.29, 0.717) is 17.6 Å². The van der Waals surface area contributed by atoms with E-state index in [1.165, 1.54) is 37.5 Å². The average molecular weight is 446 g/mol. The number of hydrogen-bond acceptors (Lipinski definition) is 4. The Morgan fingerprint density at radius 2 is 1.96 bits per heavy atom. The van der Waals surface area contributed by atoms with Crippen LogP contribution < -0.4 is 9.46 Å². The molecule has 1 fully saturated rings. The number of aromatic nitrogens is 2. The van der Waals surface area contributed by atoms with Crippen molar-refractivity contribution in [3.05, 3.63) is 40.1 Å². The van der Waals surface area contributed by atoms with Gasteiger partial charge in [-0.1, -0.05) is 29.6 Å². The molecule has 3 rings (SSSR count). The Bertz CT molecular complexity index is 925. The number of benzene rings is 1. The summed E-state index contributed by atoms with van der Waals surface area (Å²) in [6.07, 6.45) is 7.51. The zero-order valence-electron chi connectivity index (χ0n) is 16.0. The summed E-state index contributed by atoms with van der Waals surface area (Å²) in [6.45, 7) is 4.40. The Balaban J connectivity index is 1.77. The first-order chi connectivity index (χ1) is 13.3. The summed E-state index contributed by atoms with van der Waals surface area (Å²) < 4.78 is 36.1. The van der Waals surface area contributed by atoms with Gasteiger partial charge in [-0.05, 0) is 57.7 Å². The van der Waals surface area contributed by atoms with E-state index in [4.69, 9.17) is 27.9 Å². The molecule has 1 heterocycles. The maximum absolute atomic E-state index is 12.7. The summed E-state index contributed by atoms with van der Waals surface area (Å²) in [7, 11) is -3.76. The third-order valence-electron chi connectivity index (χ3n) is 4.97. The molecule has 0 radical (unpaired) electrons. The molecular formula is C19H25Cl2N3O3S. The highest BCUT2D eigenvalue weighted by Crippen LogP contribution is 2.28. The summed E-state index contributed by atoms with van der Waals surface area (Å²) in [6, 6.07) is 4.29. The first-order valence-corrected chi connectivity index (χ1v) is 11.7. The maximum Gasteiger partial charge on any atom is 0.296 e. The van der Waals surface area contributed by atoms with Crippen molar-refractivity contribution >= 4 is 33.2 Å². The monoisotopic (exact) mass is 445 g/mol. The lowest BCUT2D eigenvalue weighted by molar-refractivity contribution is 0.135. The molecule has 6 nitrogen and oxygen atoms in total. The number of imidazole rings is 1. The van der Waals surface area contributed by atoms with Crippen molar-refractivity contribution < 1.29 is 13.2 Å². The van der Waals surface area contributed by atoms with Gasteiger partial charge >= 0.3 is 0 Å². The van der Waals surface area contributed by atoms with Crippen LogP contribution in [0, 0.1) is 0 Å². The SMILES string of the molecule is CCn1c(C(C)NS(=O)(=O)c2ccc(Cl)c(Cl)c2)cnc1OC1CCCCC1. The van der Waals surface area contributed by atoms with Gasteiger partial charge in [0.1, 0.15) is 6.10 Å². The van der Waals surface area contributed by atoms with Crippen LogP contribution in [-0.2, 0) is 16.6 Å². The van der Waals surface area contributed by atoms with E-state index < -0.39 is 16.1 Å². The minimum atomic E-state index is -3.76. The Kier molecular flexibility index (Phi) is 6.91. The quantitative estimate of drug-likeness (QED) is 0.653. The Morgan fingerprint density at radius 1 is 1.25 bits per heavy atom. The van der Waals surface area contributed by atoms with Crippen LogP contribution in [0.1, 0.15) is 57.7 Å². The lowest BCUT2D eigenvalue weighted by Gasteiger charge is -2.23. The highest BCUT2D eigenvalue weighted by atomic mass is 35.5. The van der Waals surface area contributed by atoms with Crippen LogP contribution in [-0.4, -0.2) is 24.1 Å². The van der Waals surface area contributed by atoms with Crippen molar-refractivity contribution in [3.8, 4) is 6.01 Å². The van der Waals surface area contributed by atoms with Crippen molar-refractivity contribution in [1.29, 1.82) is 0 Å². The van der Waals surface area contributed by atoms with Crippen LogP contribution in [0.15, 0.2) is 29.3 Å². The highest BCUT2D eigenvalue weighted by molar-refractivity contribution is 7.89. The third kappa shape index (κ3) is 4.82. The smallest absolute Gasteiger partial charge is 0.296 e. The van der Waals surface area contributed by atoms with E-state index in [-0.39, 0.29) is 16.0 Å². The van der Waals surface area contributed by atoms with Crippen LogP contribution in [0.2, 0.25) is 10.0 Å². The van der Waals surface area contributed by atoms with E-state index in [1.54, 1.807) is 13.1 Å². The van der Waals surface area contributed by atoms with Crippen molar-refractivity contribution in [2.24, 2.45) is 0 Å². The number of rotatable bonds is 7. The first-order valence-electron chi connectivity index (χ1n) is 9.51. The molecule has 1 aromatic heterocycles. The molecule has 0 amide bonds. The van der Waals surface area contributed by atoms with Crippen LogP contribution in [0.5, 0.6) is 6.01 Å². The molecule has 0 spiro atoms. The zero-order valence-corrected chi connectivity index (χ0v) is 18.3. The Morgan fingerprint density at radius 3 is 2.61 bits per heavy atom. The lowest BCUT2D eigenvalue weighted by Crippen LogP contribution is -2.28. The van der Waals surface area contributed by atoms with Gasteiger partial charge in [0, 0.05) is 6.54 Å². The molecule has 28 heavy (non-hydrogen) atoms. The van der Waals surface area contributed by atoms with Gasteiger partial charge in [-0.3, -0.25) is 4.57 Å². The van der Waals surface area contributed by atoms with Crippen molar-refractivity contribution in [3.63, 3.8) is 0 Å². The van der Waals surface area contributed by atoms with E-state index >= 15 is 0 Å². The molecular weight excluding hydrogens is 421 g/mol. The van der Waals surface area contributed by atoms with Crippen LogP contribution >= 0.6 is 23.2 Å². The predicted octanol–water partition coefficient (Wildman–Crippen LogP) is 4.96. The molecule has 1 atom stereocenters. The van der Waals surface area contributed by atoms with Gasteiger partial charge in [0.2, 0.25) is 10.0 Å². The van der Waals surface area contributed by atoms with Crippen molar-refractivity contribution in [2.45, 2.75) is 69.5 Å². The van der Waals surface area contributed by atoms with E-state index in [1.807, 2.05) is 11.5 Å². The summed E-state index contributed by atoms with van der Waals surface area (Å²) in [5, 5.41) is 0.501. The highest BCUT2D eigenvalue weighted by Gasteiger charge is 2.24. The number of ether oxygens (including phenoxy) is 1. The van der Waals surface area contributed by atoms with Gasteiger partial charge in [0.15, 0.2) is 0 Å². The summed E-state index contributed by atoms with van der Waals surface area (Å²) in [5.74, 6) is 0. The molecule has 1 saturated carbocycles. The maximum atomic E-state index is 12.7. The van der Waals surface area contributed by atoms with Gasteiger partial charge in [0.25, 0.3) is 6.01 Å². The average Bonchev–Trinajstić information content (AvgIpc) is 3.07. The fourth-order valence-corrected chi connectivity index (χ4v) is 5.07. The predicted molar refractivity (Wildman–Crippen MR) is 111 cm³/mol. The summed E-state index contributed by atoms with van der Waals surface area (Å²) >= 11 is 11.8. The minimum Gasteiger partial charge on any atom is -0.461 e. The van der Waals surface area contributed by atoms with Gasteiger partial charge in [-0.15, -0.1) is 0 Å². The summed E-state index contributed by atoms with van der Waals surface area (Å²) in [4.78, 5) is 4.46. The number of sulfonamides is 1.